The van der Waals surface area contributed by atoms with Gasteiger partial charge in [0.05, 0.1) is 16.0 Å². The molecule has 5 heteroatoms. The molecule has 2 saturated carbocycles. The van der Waals surface area contributed by atoms with Gasteiger partial charge >= 0.3 is 0 Å². The highest BCUT2D eigenvalue weighted by molar-refractivity contribution is 5.79. The van der Waals surface area contributed by atoms with E-state index >= 15 is 0 Å². The number of fused-ring (bicyclic) bond motifs is 1. The van der Waals surface area contributed by atoms with Gasteiger partial charge in [-0.15, -0.1) is 0 Å². The Kier molecular flexibility index (Phi) is 4.25. The van der Waals surface area contributed by atoms with Crippen LogP contribution < -0.4 is 0 Å². The number of rotatable bonds is 3. The van der Waals surface area contributed by atoms with E-state index in [1.165, 1.54) is 70.0 Å². The lowest BCUT2D eigenvalue weighted by molar-refractivity contribution is -0.384. The van der Waals surface area contributed by atoms with Gasteiger partial charge in [0.2, 0.25) is 0 Å². The summed E-state index contributed by atoms with van der Waals surface area (Å²) in [6.45, 7) is 0. The van der Waals surface area contributed by atoms with Crippen LogP contribution in [0.3, 0.4) is 0 Å². The van der Waals surface area contributed by atoms with Crippen LogP contribution in [0.15, 0.2) is 18.2 Å². The van der Waals surface area contributed by atoms with Gasteiger partial charge in [-0.1, -0.05) is 38.5 Å². The summed E-state index contributed by atoms with van der Waals surface area (Å²) in [6.07, 6.45) is 12.6. The average Bonchev–Trinajstić information content (AvgIpc) is 3.01. The molecule has 4 rings (SSSR count). The Balaban J connectivity index is 1.82. The van der Waals surface area contributed by atoms with E-state index < -0.39 is 0 Å². The van der Waals surface area contributed by atoms with Crippen LogP contribution in [-0.2, 0) is 0 Å². The van der Waals surface area contributed by atoms with Crippen LogP contribution in [0.2, 0.25) is 0 Å². The number of imidazole rings is 1. The second-order valence-corrected chi connectivity index (χ2v) is 7.40. The zero-order chi connectivity index (χ0) is 16.5. The molecule has 0 bridgehead atoms. The van der Waals surface area contributed by atoms with Gasteiger partial charge in [0.25, 0.3) is 5.69 Å². The third kappa shape index (κ3) is 2.80. The molecular weight excluding hydrogens is 302 g/mol. The Labute approximate surface area is 142 Å². The number of aromatic nitrogens is 2. The molecule has 1 heterocycles. The monoisotopic (exact) mass is 327 g/mol. The van der Waals surface area contributed by atoms with E-state index in [1.54, 1.807) is 12.1 Å². The van der Waals surface area contributed by atoms with Crippen LogP contribution in [0.4, 0.5) is 5.69 Å². The van der Waals surface area contributed by atoms with Crippen LogP contribution in [-0.4, -0.2) is 14.5 Å². The molecule has 0 amide bonds. The molecule has 0 spiro atoms. The van der Waals surface area contributed by atoms with Crippen molar-refractivity contribution < 1.29 is 4.92 Å². The first-order valence-corrected chi connectivity index (χ1v) is 9.40. The fourth-order valence-electron chi connectivity index (χ4n) is 4.59. The smallest absolute Gasteiger partial charge is 0.271 e. The lowest BCUT2D eigenvalue weighted by Crippen LogP contribution is -2.18. The van der Waals surface area contributed by atoms with Crippen molar-refractivity contribution in [2.75, 3.05) is 0 Å². The zero-order valence-corrected chi connectivity index (χ0v) is 14.1. The zero-order valence-electron chi connectivity index (χ0n) is 14.1. The highest BCUT2D eigenvalue weighted by Gasteiger charge is 2.27. The largest absolute Gasteiger partial charge is 0.325 e. The minimum Gasteiger partial charge on any atom is -0.325 e. The predicted octanol–water partition coefficient (Wildman–Crippen LogP) is 5.50. The Hall–Kier alpha value is -1.91. The van der Waals surface area contributed by atoms with Crippen LogP contribution >= 0.6 is 0 Å². The lowest BCUT2D eigenvalue weighted by Gasteiger charge is -2.29. The van der Waals surface area contributed by atoms with Crippen molar-refractivity contribution in [2.24, 2.45) is 0 Å². The summed E-state index contributed by atoms with van der Waals surface area (Å²) in [7, 11) is 0. The second kappa shape index (κ2) is 6.54. The molecule has 0 N–H and O–H groups in total. The van der Waals surface area contributed by atoms with Gasteiger partial charge in [0, 0.05) is 24.1 Å². The average molecular weight is 327 g/mol. The Morgan fingerprint density at radius 3 is 2.33 bits per heavy atom. The van der Waals surface area contributed by atoms with Crippen molar-refractivity contribution in [3.63, 3.8) is 0 Å². The summed E-state index contributed by atoms with van der Waals surface area (Å²) in [4.78, 5) is 15.7. The van der Waals surface area contributed by atoms with E-state index in [4.69, 9.17) is 4.98 Å². The number of nitrogens with zero attached hydrogens (tertiary/aromatic N) is 3. The molecule has 128 valence electrons. The first-order chi connectivity index (χ1) is 11.7. The van der Waals surface area contributed by atoms with E-state index in [9.17, 15) is 10.1 Å². The second-order valence-electron chi connectivity index (χ2n) is 7.40. The molecule has 2 aliphatic rings. The summed E-state index contributed by atoms with van der Waals surface area (Å²) < 4.78 is 2.45. The fraction of sp³-hybridized carbons (Fsp3) is 0.632. The quantitative estimate of drug-likeness (QED) is 0.552. The number of hydrogen-bond donors (Lipinski definition) is 0. The first kappa shape index (κ1) is 15.6. The molecule has 0 aliphatic heterocycles. The number of hydrogen-bond acceptors (Lipinski definition) is 3. The third-order valence-corrected chi connectivity index (χ3v) is 5.82. The maximum atomic E-state index is 11.1. The first-order valence-electron chi connectivity index (χ1n) is 9.40. The minimum atomic E-state index is -0.320. The Morgan fingerprint density at radius 2 is 1.67 bits per heavy atom. The molecule has 0 saturated heterocycles. The van der Waals surface area contributed by atoms with E-state index in [0.29, 0.717) is 12.0 Å². The molecule has 2 aromatic rings. The van der Waals surface area contributed by atoms with Crippen molar-refractivity contribution in [1.29, 1.82) is 0 Å². The van der Waals surface area contributed by atoms with E-state index in [1.807, 2.05) is 6.07 Å². The van der Waals surface area contributed by atoms with Gasteiger partial charge < -0.3 is 4.57 Å². The summed E-state index contributed by atoms with van der Waals surface area (Å²) in [5.74, 6) is 1.71. The predicted molar refractivity (Wildman–Crippen MR) is 94.3 cm³/mol. The summed E-state index contributed by atoms with van der Waals surface area (Å²) in [5, 5.41) is 11.1. The fourth-order valence-corrected chi connectivity index (χ4v) is 4.59. The van der Waals surface area contributed by atoms with Crippen LogP contribution in [0.25, 0.3) is 11.0 Å². The van der Waals surface area contributed by atoms with Crippen molar-refractivity contribution >= 4 is 16.7 Å². The Morgan fingerprint density at radius 1 is 1.00 bits per heavy atom. The molecule has 0 atom stereocenters. The molecule has 1 aromatic heterocycles. The Bertz CT molecular complexity index is 740. The highest BCUT2D eigenvalue weighted by atomic mass is 16.6. The SMILES string of the molecule is O=[N+]([O-])c1ccc2c(c1)nc(C1CCCCC1)n2C1CCCCC1. The molecule has 2 aliphatic carbocycles. The lowest BCUT2D eigenvalue weighted by atomic mass is 9.88. The third-order valence-electron chi connectivity index (χ3n) is 5.82. The van der Waals surface area contributed by atoms with Crippen molar-refractivity contribution in [2.45, 2.75) is 76.2 Å². The minimum absolute atomic E-state index is 0.144. The van der Waals surface area contributed by atoms with Crippen molar-refractivity contribution in [1.82, 2.24) is 9.55 Å². The number of nitro benzene ring substituents is 1. The van der Waals surface area contributed by atoms with Crippen LogP contribution in [0, 0.1) is 10.1 Å². The number of benzene rings is 1. The summed E-state index contributed by atoms with van der Waals surface area (Å²) >= 11 is 0. The van der Waals surface area contributed by atoms with Crippen LogP contribution in [0.5, 0.6) is 0 Å². The van der Waals surface area contributed by atoms with Crippen molar-refractivity contribution in [3.05, 3.63) is 34.1 Å². The topological polar surface area (TPSA) is 61.0 Å². The van der Waals surface area contributed by atoms with Gasteiger partial charge in [0.1, 0.15) is 5.82 Å². The maximum absolute atomic E-state index is 11.1. The van der Waals surface area contributed by atoms with Crippen molar-refractivity contribution in [3.8, 4) is 0 Å². The summed E-state index contributed by atoms with van der Waals surface area (Å²) in [5.41, 5.74) is 2.04. The number of non-ortho nitro benzene ring substituents is 1. The molecule has 2 fully saturated rings. The maximum Gasteiger partial charge on any atom is 0.271 e. The van der Waals surface area contributed by atoms with E-state index in [2.05, 4.69) is 4.57 Å². The van der Waals surface area contributed by atoms with E-state index in [-0.39, 0.29) is 10.6 Å². The standard InChI is InChI=1S/C19H25N3O2/c23-22(24)16-11-12-18-17(13-16)20-19(14-7-3-1-4-8-14)21(18)15-9-5-2-6-10-15/h11-15H,1-10H2. The highest BCUT2D eigenvalue weighted by Crippen LogP contribution is 2.39. The number of nitro groups is 1. The molecule has 0 radical (unpaired) electrons. The van der Waals surface area contributed by atoms with Gasteiger partial charge in [-0.2, -0.15) is 0 Å². The van der Waals surface area contributed by atoms with Gasteiger partial charge in [-0.3, -0.25) is 10.1 Å². The van der Waals surface area contributed by atoms with E-state index in [0.717, 1.165) is 11.0 Å². The normalized spacial score (nSPS) is 20.5. The molecule has 1 aromatic carbocycles. The molecular formula is C19H25N3O2. The summed E-state index contributed by atoms with van der Waals surface area (Å²) in [6, 6.07) is 5.72. The molecule has 5 nitrogen and oxygen atoms in total. The van der Waals surface area contributed by atoms with Gasteiger partial charge in [-0.25, -0.2) is 4.98 Å². The van der Waals surface area contributed by atoms with Crippen LogP contribution in [0.1, 0.15) is 82.0 Å². The molecule has 24 heavy (non-hydrogen) atoms. The molecule has 0 unspecified atom stereocenters. The van der Waals surface area contributed by atoms with Gasteiger partial charge in [-0.05, 0) is 31.7 Å². The van der Waals surface area contributed by atoms with Gasteiger partial charge in [0.15, 0.2) is 0 Å².